The van der Waals surface area contributed by atoms with Gasteiger partial charge in [-0.2, -0.15) is 0 Å². The maximum absolute atomic E-state index is 14.3. The molecule has 0 saturated carbocycles. The predicted molar refractivity (Wildman–Crippen MR) is 485 cm³/mol. The summed E-state index contributed by atoms with van der Waals surface area (Å²) in [6.45, 7) is 10.5. The number of aryl methyl sites for hydroxylation is 2. The molecule has 16 aromatic rings. The van der Waals surface area contributed by atoms with Crippen molar-refractivity contribution in [2.75, 3.05) is 39.1 Å². The van der Waals surface area contributed by atoms with E-state index in [0.29, 0.717) is 70.7 Å². The molecule has 0 bridgehead atoms. The molecule has 8 aromatic heterocycles. The zero-order valence-electron chi connectivity index (χ0n) is 66.2. The minimum atomic E-state index is -3.91. The van der Waals surface area contributed by atoms with Crippen molar-refractivity contribution in [1.82, 2.24) is 37.8 Å². The second kappa shape index (κ2) is 41.1. The first-order chi connectivity index (χ1) is 59.3. The van der Waals surface area contributed by atoms with Crippen LogP contribution in [0.15, 0.2) is 292 Å². The molecule has 8 aromatic carbocycles. The van der Waals surface area contributed by atoms with Gasteiger partial charge in [-0.15, -0.1) is 0 Å². The van der Waals surface area contributed by atoms with Gasteiger partial charge < -0.3 is 59.6 Å². The molecular weight excluding hydrogens is 1860 g/mol. The van der Waals surface area contributed by atoms with Crippen LogP contribution in [0.1, 0.15) is 11.1 Å². The Balaban J connectivity index is 0.000000149. The first-order valence-electron chi connectivity index (χ1n) is 36.7. The number of nitrogens with one attached hydrogen (secondary N) is 4. The lowest BCUT2D eigenvalue weighted by molar-refractivity contribution is -0.112. The van der Waals surface area contributed by atoms with E-state index >= 15 is 0 Å². The van der Waals surface area contributed by atoms with E-state index in [9.17, 15) is 44.0 Å². The Kier molecular flexibility index (Phi) is 30.6. The molecule has 0 fully saturated rings. The number of halogens is 8. The number of pyridine rings is 4. The standard InChI is InChI=1S/C23H18FN3O2.C21H16BrFN2O3S.C14H10BrClN2O2S.C14H10BrFN2O.C9H10BNO3.C7H8BFO3/c1-3-21(28)27-16-7-4-6-14(10-16)15-11-18-19(13-26-23(18)25-12-15)17-8-5-9-20(24)22(17)29-2;1-13-6-8-15(9-7-13)29(26,27)25-12-18(17-10-14(22)11-24-21(17)25)16-4-3-5-19(23)20(16)28-2;1-9-2-4-11(5-3-9)21(19,20)18-8-13(16)12-6-10(15)7-17-14(12)18;1-19-13-9(3-2-4-12(13)16)11-7-18-14-10(11)5-8(15)6-17-14;1-2-9(12)11-8-5-3-4-7(6-8)10(13)14;1-12-7-5(8(10)11)3-2-4-6(7)9/h3-13H,1H2,2H3,(H,25,26)(H,27,28);3-12H,1-2H3;2-8H,1H3;2-7H,1H3,(H,17,18);2-6,13-14H,1H2,(H,11,12);2-4,10-11H,1H3. The van der Waals surface area contributed by atoms with Gasteiger partial charge in [-0.05, 0) is 182 Å². The second-order valence-corrected chi connectivity index (χ2v) is 33.3. The molecule has 16 rings (SSSR count). The summed E-state index contributed by atoms with van der Waals surface area (Å²) in [5.74, 6) is -2.22. The number of para-hydroxylation sites is 4. The number of rotatable bonds is 18. The largest absolute Gasteiger partial charge is 0.494 e. The number of aromatic nitrogens is 8. The molecule has 124 heavy (non-hydrogen) atoms. The Morgan fingerprint density at radius 1 is 0.452 bits per heavy atom. The molecule has 8 heterocycles. The smallest absolute Gasteiger partial charge is 0.492 e. The number of carbonyl (C=O) groups excluding carboxylic acids is 2. The number of hydrogen-bond acceptors (Lipinski definition) is 18. The van der Waals surface area contributed by atoms with Crippen LogP contribution in [0.25, 0.3) is 88.6 Å². The molecule has 0 saturated heterocycles. The van der Waals surface area contributed by atoms with Crippen molar-refractivity contribution in [3.05, 3.63) is 322 Å². The summed E-state index contributed by atoms with van der Waals surface area (Å²) in [5.41, 5.74) is 11.1. The van der Waals surface area contributed by atoms with Crippen molar-refractivity contribution in [3.63, 3.8) is 0 Å². The number of carbonyl (C=O) groups is 2. The number of benzene rings is 8. The lowest BCUT2D eigenvalue weighted by atomic mass is 9.79. The molecule has 8 N–H and O–H groups in total. The number of H-pyrrole nitrogens is 2. The van der Waals surface area contributed by atoms with Crippen LogP contribution in [-0.4, -0.2) is 129 Å². The number of fused-ring (bicyclic) bond motifs is 4. The summed E-state index contributed by atoms with van der Waals surface area (Å²) in [6, 6.07) is 52.5. The highest BCUT2D eigenvalue weighted by molar-refractivity contribution is 9.11. The number of hydrogen-bond donors (Lipinski definition) is 8. The number of anilines is 2. The third-order valence-corrected chi connectivity index (χ3v) is 23.4. The van der Waals surface area contributed by atoms with E-state index < -0.39 is 51.7 Å². The topological polar surface area (TPSA) is 337 Å². The highest BCUT2D eigenvalue weighted by Crippen LogP contribution is 2.42. The summed E-state index contributed by atoms with van der Waals surface area (Å²) >= 11 is 16.2. The molecule has 24 nitrogen and oxygen atoms in total. The number of methoxy groups -OCH3 is 4. The van der Waals surface area contributed by atoms with Crippen molar-refractivity contribution in [3.8, 4) is 67.5 Å². The van der Waals surface area contributed by atoms with E-state index in [1.165, 1.54) is 95.6 Å². The zero-order valence-corrected chi connectivity index (χ0v) is 73.4. The second-order valence-electron chi connectivity index (χ2n) is 26.5. The normalized spacial score (nSPS) is 10.9. The first-order valence-corrected chi connectivity index (χ1v) is 42.3. The lowest BCUT2D eigenvalue weighted by Gasteiger charge is -2.09. The van der Waals surface area contributed by atoms with E-state index in [4.69, 9.17) is 45.9 Å². The highest BCUT2D eigenvalue weighted by atomic mass is 79.9. The Bertz CT molecular complexity index is 6900. The van der Waals surface area contributed by atoms with Gasteiger partial charge in [-0.1, -0.05) is 133 Å². The zero-order chi connectivity index (χ0) is 89.4. The molecule has 0 radical (unpaired) electrons. The fraction of sp³-hybridized carbons (Fsp3) is 0.0682. The average molecular weight is 1930 g/mol. The quantitative estimate of drug-likeness (QED) is 0.0225. The van der Waals surface area contributed by atoms with Crippen molar-refractivity contribution < 1.29 is 83.0 Å². The molecule has 0 aliphatic heterocycles. The monoisotopic (exact) mass is 1930 g/mol. The van der Waals surface area contributed by atoms with Gasteiger partial charge >= 0.3 is 14.2 Å². The maximum atomic E-state index is 14.3. The van der Waals surface area contributed by atoms with Gasteiger partial charge in [0.25, 0.3) is 20.0 Å². The van der Waals surface area contributed by atoms with Gasteiger partial charge in [0.1, 0.15) is 11.3 Å². The van der Waals surface area contributed by atoms with Gasteiger partial charge in [-0.3, -0.25) is 9.59 Å². The van der Waals surface area contributed by atoms with Crippen molar-refractivity contribution >= 4 is 172 Å². The van der Waals surface area contributed by atoms with Crippen molar-refractivity contribution in [2.45, 2.75) is 23.6 Å². The molecule has 0 aliphatic rings. The molecule has 632 valence electrons. The first kappa shape index (κ1) is 92.2. The van der Waals surface area contributed by atoms with Crippen LogP contribution >= 0.6 is 59.4 Å². The Morgan fingerprint density at radius 3 is 1.31 bits per heavy atom. The number of nitrogens with zero attached hydrogens (tertiary/aromatic N) is 6. The molecule has 36 heteroatoms. The summed E-state index contributed by atoms with van der Waals surface area (Å²) in [7, 11) is -5.32. The third kappa shape index (κ3) is 21.4. The van der Waals surface area contributed by atoms with E-state index in [2.05, 4.69) is 106 Å². The summed E-state index contributed by atoms with van der Waals surface area (Å²) in [6.07, 6.45) is 15.3. The maximum Gasteiger partial charge on any atom is 0.492 e. The molecule has 0 spiro atoms. The van der Waals surface area contributed by atoms with Crippen LogP contribution in [0.2, 0.25) is 5.02 Å². The van der Waals surface area contributed by atoms with E-state index in [1.807, 2.05) is 56.3 Å². The van der Waals surface area contributed by atoms with E-state index in [-0.39, 0.29) is 61.5 Å². The van der Waals surface area contributed by atoms with Gasteiger partial charge in [0.15, 0.2) is 57.6 Å². The SMILES string of the molecule is C=CC(=O)Nc1cccc(-c2cnc3[nH]cc(-c4cccc(F)c4OC)c3c2)c1.C=CC(=O)Nc1cccc(B(O)O)c1.COc1c(F)cccc1-c1c[nH]c2ncc(Br)cc12.COc1c(F)cccc1-c1cn(S(=O)(=O)c2ccc(C)cc2)c2ncc(Br)cc12.COc1c(F)cccc1B(O)O.Cc1ccc(S(=O)(=O)n2cc(Cl)c3cc(Br)cnc32)cc1. The van der Waals surface area contributed by atoms with Crippen LogP contribution < -0.4 is 40.5 Å². The van der Waals surface area contributed by atoms with Crippen LogP contribution in [0, 0.1) is 37.1 Å². The number of ether oxygens (including phenoxy) is 4. The Hall–Kier alpha value is -12.5. The summed E-state index contributed by atoms with van der Waals surface area (Å²) in [5, 5.41) is 43.8. The average Bonchev–Trinajstić information content (AvgIpc) is 1.60. The fourth-order valence-electron chi connectivity index (χ4n) is 12.6. The third-order valence-electron chi connectivity index (χ3n) is 18.4. The highest BCUT2D eigenvalue weighted by Gasteiger charge is 2.28. The summed E-state index contributed by atoms with van der Waals surface area (Å²) < 4.78 is 132. The van der Waals surface area contributed by atoms with Crippen molar-refractivity contribution in [2.24, 2.45) is 0 Å². The van der Waals surface area contributed by atoms with E-state index in [1.54, 1.807) is 140 Å². The van der Waals surface area contributed by atoms with Gasteiger partial charge in [0, 0.05) is 140 Å². The molecule has 0 unspecified atom stereocenters. The van der Waals surface area contributed by atoms with Crippen LogP contribution in [0.5, 0.6) is 23.0 Å². The Labute approximate surface area is 739 Å². The fourth-order valence-corrected chi connectivity index (χ4v) is 16.5. The van der Waals surface area contributed by atoms with E-state index in [0.717, 1.165) is 72.8 Å². The summed E-state index contributed by atoms with van der Waals surface area (Å²) in [4.78, 5) is 46.3. The van der Waals surface area contributed by atoms with Crippen LogP contribution in [0.3, 0.4) is 0 Å². The predicted octanol–water partition coefficient (Wildman–Crippen LogP) is 17.5. The Morgan fingerprint density at radius 2 is 0.847 bits per heavy atom. The van der Waals surface area contributed by atoms with Crippen molar-refractivity contribution in [1.29, 1.82) is 0 Å². The van der Waals surface area contributed by atoms with Gasteiger partial charge in [0.2, 0.25) is 11.8 Å². The molecule has 2 amide bonds. The minimum Gasteiger partial charge on any atom is -0.494 e. The van der Waals surface area contributed by atoms with Gasteiger partial charge in [-0.25, -0.2) is 62.3 Å². The number of amides is 2. The van der Waals surface area contributed by atoms with Gasteiger partial charge in [0.05, 0.1) is 43.3 Å². The van der Waals surface area contributed by atoms with Crippen LogP contribution in [0.4, 0.5) is 28.9 Å². The molecule has 0 atom stereocenters. The number of aromatic amines is 2. The minimum absolute atomic E-state index is 0.0255. The van der Waals surface area contributed by atoms with Crippen LogP contribution in [-0.2, 0) is 29.6 Å². The molecular formula is C88H72B2Br3ClF4N10O14S2. The molecule has 0 aliphatic carbocycles. The lowest BCUT2D eigenvalue weighted by Crippen LogP contribution is -2.31.